The molecule has 1 aliphatic rings. The lowest BCUT2D eigenvalue weighted by molar-refractivity contribution is 0.0156. The van der Waals surface area contributed by atoms with E-state index < -0.39 is 8.32 Å². The van der Waals surface area contributed by atoms with E-state index in [1.807, 2.05) is 0 Å². The molecule has 0 aromatic heterocycles. The first-order valence-corrected chi connectivity index (χ1v) is 11.8. The quantitative estimate of drug-likeness (QED) is 0.652. The molecule has 1 fully saturated rings. The van der Waals surface area contributed by atoms with E-state index in [1.54, 1.807) is 14.2 Å². The van der Waals surface area contributed by atoms with Gasteiger partial charge < -0.3 is 13.9 Å². The minimum absolute atomic E-state index is 0.0863. The SMILES string of the molecule is COCC1CN(C(COC)[SiH2]C)C[Si](C)(C)O1. The summed E-state index contributed by atoms with van der Waals surface area (Å²) in [4.78, 5) is 2.59. The number of ether oxygens (including phenoxy) is 2. The van der Waals surface area contributed by atoms with Gasteiger partial charge in [0.15, 0.2) is 0 Å². The summed E-state index contributed by atoms with van der Waals surface area (Å²) in [7, 11) is 1.91. The van der Waals surface area contributed by atoms with Crippen molar-refractivity contribution in [1.82, 2.24) is 4.90 Å². The molecule has 0 aliphatic carbocycles. The van der Waals surface area contributed by atoms with Crippen LogP contribution in [-0.2, 0) is 13.9 Å². The Balaban J connectivity index is 2.63. The van der Waals surface area contributed by atoms with Crippen LogP contribution in [0.5, 0.6) is 0 Å². The third-order valence-corrected chi connectivity index (χ3v) is 7.04. The van der Waals surface area contributed by atoms with Crippen molar-refractivity contribution in [1.29, 1.82) is 0 Å². The van der Waals surface area contributed by atoms with Gasteiger partial charge in [0.2, 0.25) is 8.32 Å². The van der Waals surface area contributed by atoms with Crippen molar-refractivity contribution < 1.29 is 13.9 Å². The van der Waals surface area contributed by atoms with E-state index in [9.17, 15) is 0 Å². The van der Waals surface area contributed by atoms with Crippen LogP contribution in [0.4, 0.5) is 0 Å². The lowest BCUT2D eigenvalue weighted by Gasteiger charge is -2.44. The monoisotopic (exact) mass is 277 g/mol. The first-order chi connectivity index (χ1) is 8.02. The van der Waals surface area contributed by atoms with Crippen LogP contribution in [0.2, 0.25) is 19.6 Å². The minimum atomic E-state index is -1.55. The van der Waals surface area contributed by atoms with Gasteiger partial charge in [0.05, 0.1) is 19.3 Å². The van der Waals surface area contributed by atoms with E-state index in [-0.39, 0.29) is 15.6 Å². The Morgan fingerprint density at radius 1 is 1.41 bits per heavy atom. The predicted octanol–water partition coefficient (Wildman–Crippen LogP) is 0.267. The van der Waals surface area contributed by atoms with Crippen molar-refractivity contribution >= 4 is 17.8 Å². The molecule has 0 aromatic rings. The van der Waals surface area contributed by atoms with E-state index in [0.717, 1.165) is 19.3 Å². The van der Waals surface area contributed by atoms with Crippen molar-refractivity contribution in [2.24, 2.45) is 0 Å². The molecule has 2 atom stereocenters. The molecule has 102 valence electrons. The molecule has 6 heteroatoms. The fraction of sp³-hybridized carbons (Fsp3) is 1.00. The van der Waals surface area contributed by atoms with Gasteiger partial charge in [-0.05, 0) is 13.1 Å². The summed E-state index contributed by atoms with van der Waals surface area (Å²) in [5, 5.41) is 0. The summed E-state index contributed by atoms with van der Waals surface area (Å²) in [6.45, 7) is 9.52. The highest BCUT2D eigenvalue weighted by Crippen LogP contribution is 2.19. The van der Waals surface area contributed by atoms with Crippen LogP contribution in [0.15, 0.2) is 0 Å². The van der Waals surface area contributed by atoms with Gasteiger partial charge in [-0.15, -0.1) is 0 Å². The van der Waals surface area contributed by atoms with E-state index >= 15 is 0 Å². The van der Waals surface area contributed by atoms with Gasteiger partial charge in [0, 0.05) is 42.1 Å². The molecular weight excluding hydrogens is 250 g/mol. The van der Waals surface area contributed by atoms with Crippen molar-refractivity contribution in [2.75, 3.05) is 40.1 Å². The number of hydrogen-bond donors (Lipinski definition) is 0. The zero-order valence-corrected chi connectivity index (χ0v) is 14.3. The number of methoxy groups -OCH3 is 2. The van der Waals surface area contributed by atoms with Crippen LogP contribution in [0, 0.1) is 0 Å². The summed E-state index contributed by atoms with van der Waals surface area (Å²) in [6.07, 6.45) is 1.37. The maximum Gasteiger partial charge on any atom is 0.201 e. The molecule has 1 saturated heterocycles. The molecule has 0 saturated carbocycles. The van der Waals surface area contributed by atoms with Crippen LogP contribution < -0.4 is 0 Å². The Morgan fingerprint density at radius 3 is 2.65 bits per heavy atom. The van der Waals surface area contributed by atoms with Gasteiger partial charge in [0.1, 0.15) is 0 Å². The summed E-state index contributed by atoms with van der Waals surface area (Å²) in [5.41, 5.74) is 0.648. The van der Waals surface area contributed by atoms with Crippen LogP contribution in [0.3, 0.4) is 0 Å². The van der Waals surface area contributed by atoms with Crippen LogP contribution in [0.25, 0.3) is 0 Å². The first kappa shape index (κ1) is 15.3. The smallest absolute Gasteiger partial charge is 0.201 e. The Kier molecular flexibility index (Phi) is 6.32. The van der Waals surface area contributed by atoms with Gasteiger partial charge >= 0.3 is 0 Å². The Bertz CT molecular complexity index is 229. The predicted molar refractivity (Wildman–Crippen MR) is 75.9 cm³/mol. The molecule has 1 heterocycles. The average Bonchev–Trinajstić information content (AvgIpc) is 2.24. The number of rotatable bonds is 6. The molecule has 0 radical (unpaired) electrons. The second kappa shape index (κ2) is 7.01. The summed E-state index contributed by atoms with van der Waals surface area (Å²) < 4.78 is 16.8. The van der Waals surface area contributed by atoms with Gasteiger partial charge in [-0.1, -0.05) is 6.55 Å². The van der Waals surface area contributed by atoms with Crippen LogP contribution >= 0.6 is 0 Å². The standard InChI is InChI=1S/C11H27NO3Si2/c1-13-7-10-6-12(9-17(4,5)15-10)11(16-3)8-14-2/h10-11H,6-9,16H2,1-5H3. The lowest BCUT2D eigenvalue weighted by atomic mass is 10.3. The molecule has 17 heavy (non-hydrogen) atoms. The highest BCUT2D eigenvalue weighted by atomic mass is 28.4. The van der Waals surface area contributed by atoms with Crippen molar-refractivity contribution in [3.05, 3.63) is 0 Å². The van der Waals surface area contributed by atoms with Crippen molar-refractivity contribution in [3.63, 3.8) is 0 Å². The fourth-order valence-corrected chi connectivity index (χ4v) is 6.57. The van der Waals surface area contributed by atoms with Gasteiger partial charge in [-0.25, -0.2) is 0 Å². The molecular formula is C11H27NO3Si2. The Morgan fingerprint density at radius 2 is 2.12 bits per heavy atom. The molecule has 0 amide bonds. The third-order valence-electron chi connectivity index (χ3n) is 3.21. The Hall–Kier alpha value is 0.274. The second-order valence-electron chi connectivity index (χ2n) is 5.40. The van der Waals surface area contributed by atoms with E-state index in [2.05, 4.69) is 24.5 Å². The third kappa shape index (κ3) is 4.80. The molecule has 1 rings (SSSR count). The highest BCUT2D eigenvalue weighted by Gasteiger charge is 2.37. The van der Waals surface area contributed by atoms with Crippen LogP contribution in [0.1, 0.15) is 0 Å². The largest absolute Gasteiger partial charge is 0.410 e. The molecule has 0 spiro atoms. The molecule has 0 aromatic carbocycles. The van der Waals surface area contributed by atoms with E-state index in [1.165, 1.54) is 0 Å². The van der Waals surface area contributed by atoms with Crippen molar-refractivity contribution in [2.45, 2.75) is 31.4 Å². The molecule has 2 unspecified atom stereocenters. The van der Waals surface area contributed by atoms with Crippen LogP contribution in [-0.4, -0.2) is 74.7 Å². The molecule has 4 nitrogen and oxygen atoms in total. The minimum Gasteiger partial charge on any atom is -0.410 e. The maximum absolute atomic E-state index is 6.16. The topological polar surface area (TPSA) is 30.9 Å². The van der Waals surface area contributed by atoms with Gasteiger partial charge in [-0.3, -0.25) is 4.90 Å². The summed E-state index contributed by atoms with van der Waals surface area (Å²) in [6, 6.07) is 0. The fourth-order valence-electron chi connectivity index (χ4n) is 2.57. The van der Waals surface area contributed by atoms with Gasteiger partial charge in [0.25, 0.3) is 0 Å². The van der Waals surface area contributed by atoms with E-state index in [0.29, 0.717) is 12.3 Å². The maximum atomic E-state index is 6.16. The zero-order chi connectivity index (χ0) is 12.9. The normalized spacial score (nSPS) is 27.7. The number of nitrogens with zero attached hydrogens (tertiary/aromatic N) is 1. The first-order valence-electron chi connectivity index (χ1n) is 6.42. The molecule has 0 bridgehead atoms. The zero-order valence-electron chi connectivity index (χ0n) is 11.9. The molecule has 0 N–H and O–H groups in total. The van der Waals surface area contributed by atoms with E-state index in [4.69, 9.17) is 13.9 Å². The number of hydrogen-bond acceptors (Lipinski definition) is 4. The lowest BCUT2D eigenvalue weighted by Crippen LogP contribution is -2.61. The second-order valence-corrected chi connectivity index (χ2v) is 11.2. The summed E-state index contributed by atoms with van der Waals surface area (Å²) in [5.74, 6) is 0. The van der Waals surface area contributed by atoms with Crippen molar-refractivity contribution in [3.8, 4) is 0 Å². The Labute approximate surface area is 109 Å². The highest BCUT2D eigenvalue weighted by molar-refractivity contribution is 6.71. The summed E-state index contributed by atoms with van der Waals surface area (Å²) >= 11 is 0. The average molecular weight is 278 g/mol. The van der Waals surface area contributed by atoms with Gasteiger partial charge in [-0.2, -0.15) is 0 Å². The molecule has 1 aliphatic heterocycles.